The number of hydrogen-bond acceptors (Lipinski definition) is 2. The van der Waals surface area contributed by atoms with Crippen LogP contribution in [-0.4, -0.2) is 26.1 Å². The fraction of sp³-hybridized carbons (Fsp3) is 0.867. The van der Waals surface area contributed by atoms with Gasteiger partial charge in [-0.1, -0.05) is 32.9 Å². The van der Waals surface area contributed by atoms with Crippen LogP contribution in [0.1, 0.15) is 40.0 Å². The average molecular weight is 268 g/mol. The first kappa shape index (κ1) is 14.3. The Morgan fingerprint density at radius 1 is 1.28 bits per heavy atom. The molecule has 0 saturated heterocycles. The van der Waals surface area contributed by atoms with Crippen molar-refractivity contribution in [1.82, 2.24) is 0 Å². The lowest BCUT2D eigenvalue weighted by atomic mass is 9.67. The minimum Gasteiger partial charge on any atom is -0.413 e. The molecular weight excluding hydrogens is 240 g/mol. The highest BCUT2D eigenvalue weighted by molar-refractivity contribution is 6.73. The van der Waals surface area contributed by atoms with Gasteiger partial charge in [-0.3, -0.25) is 0 Å². The molecule has 3 heteroatoms. The highest BCUT2D eigenvalue weighted by Gasteiger charge is 2.59. The van der Waals surface area contributed by atoms with Gasteiger partial charge in [0.1, 0.15) is 0 Å². The molecule has 3 rings (SSSR count). The summed E-state index contributed by atoms with van der Waals surface area (Å²) in [4.78, 5) is 0. The molecule has 3 atom stereocenters. The van der Waals surface area contributed by atoms with Gasteiger partial charge in [0.25, 0.3) is 0 Å². The summed E-state index contributed by atoms with van der Waals surface area (Å²) in [6.07, 6.45) is 8.51. The monoisotopic (exact) mass is 268 g/mol. The third-order valence-corrected chi connectivity index (χ3v) is 10.1. The zero-order valence-corrected chi connectivity index (χ0v) is 13.1. The average Bonchev–Trinajstić information content (AvgIpc) is 2.97. The van der Waals surface area contributed by atoms with Gasteiger partial charge >= 0.3 is 0 Å². The maximum Gasteiger partial charge on any atom is 0.192 e. The van der Waals surface area contributed by atoms with Gasteiger partial charge in [0, 0.05) is 5.41 Å². The van der Waals surface area contributed by atoms with Crippen LogP contribution in [0.5, 0.6) is 0 Å². The van der Waals surface area contributed by atoms with Crippen LogP contribution in [0.2, 0.25) is 18.1 Å². The molecule has 104 valence electrons. The molecule has 3 saturated carbocycles. The Bertz CT molecular complexity index is 299. The highest BCUT2D eigenvalue weighted by atomic mass is 28.4. The Balaban J connectivity index is 2.08. The maximum absolute atomic E-state index is 9.00. The van der Waals surface area contributed by atoms with Crippen molar-refractivity contribution < 1.29 is 9.53 Å². The third-order valence-electron chi connectivity index (χ3n) is 5.48. The molecule has 3 fully saturated rings. The van der Waals surface area contributed by atoms with Crippen molar-refractivity contribution in [1.29, 1.82) is 0 Å². The molecular formula is C15H28O2Si. The molecule has 1 unspecified atom stereocenters. The molecule has 18 heavy (non-hydrogen) atoms. The fourth-order valence-electron chi connectivity index (χ4n) is 3.99. The van der Waals surface area contributed by atoms with Gasteiger partial charge in [0.2, 0.25) is 0 Å². The van der Waals surface area contributed by atoms with Gasteiger partial charge in [-0.25, -0.2) is 0 Å². The lowest BCUT2D eigenvalue weighted by molar-refractivity contribution is -0.0257. The van der Waals surface area contributed by atoms with E-state index in [-0.39, 0.29) is 12.0 Å². The van der Waals surface area contributed by atoms with E-state index < -0.39 is 8.32 Å². The normalized spacial score (nSPS) is 35.1. The zero-order chi connectivity index (χ0) is 13.2. The van der Waals surface area contributed by atoms with E-state index in [0.717, 1.165) is 5.92 Å². The van der Waals surface area contributed by atoms with Gasteiger partial charge in [-0.2, -0.15) is 0 Å². The molecule has 3 aliphatic carbocycles. The van der Waals surface area contributed by atoms with Crippen molar-refractivity contribution in [2.45, 2.75) is 64.3 Å². The summed E-state index contributed by atoms with van der Waals surface area (Å²) in [5, 5.41) is 9.00. The molecule has 0 aliphatic heterocycles. The van der Waals surface area contributed by atoms with E-state index in [2.05, 4.69) is 26.8 Å². The van der Waals surface area contributed by atoms with Crippen molar-refractivity contribution in [3.8, 4) is 0 Å². The molecule has 0 aromatic rings. The fourth-order valence-corrected chi connectivity index (χ4v) is 6.95. The van der Waals surface area contributed by atoms with E-state index in [9.17, 15) is 0 Å². The summed E-state index contributed by atoms with van der Waals surface area (Å²) in [5.41, 5.74) is 0.283. The van der Waals surface area contributed by atoms with Crippen LogP contribution >= 0.6 is 0 Å². The third kappa shape index (κ3) is 2.21. The number of hydrogen-bond donors (Lipinski definition) is 1. The highest BCUT2D eigenvalue weighted by Crippen LogP contribution is 2.62. The second kappa shape index (κ2) is 5.47. The van der Waals surface area contributed by atoms with E-state index in [0.29, 0.717) is 6.10 Å². The predicted octanol–water partition coefficient (Wildman–Crippen LogP) is 3.73. The van der Waals surface area contributed by atoms with Crippen LogP contribution in [0.15, 0.2) is 12.2 Å². The number of aliphatic hydroxyl groups excluding tert-OH is 1. The molecule has 0 amide bonds. The van der Waals surface area contributed by atoms with E-state index in [1.165, 1.54) is 37.4 Å². The number of aliphatic hydroxyl groups is 1. The van der Waals surface area contributed by atoms with Gasteiger partial charge < -0.3 is 9.53 Å². The Hall–Kier alpha value is -0.123. The van der Waals surface area contributed by atoms with E-state index >= 15 is 0 Å². The Morgan fingerprint density at radius 2 is 1.94 bits per heavy atom. The SMILES string of the molecule is CC[Si](CC)(CC)OC1[C@@H]2CC[C@@]1(/C=C/CO)C2. The van der Waals surface area contributed by atoms with Gasteiger partial charge in [-0.05, 0) is 43.3 Å². The topological polar surface area (TPSA) is 29.5 Å². The van der Waals surface area contributed by atoms with Crippen LogP contribution in [0.25, 0.3) is 0 Å². The maximum atomic E-state index is 9.00. The van der Waals surface area contributed by atoms with Crippen molar-refractivity contribution in [2.24, 2.45) is 11.3 Å². The van der Waals surface area contributed by atoms with E-state index in [1.54, 1.807) is 0 Å². The van der Waals surface area contributed by atoms with Crippen molar-refractivity contribution >= 4 is 8.32 Å². The van der Waals surface area contributed by atoms with Gasteiger partial charge in [0.05, 0.1) is 12.7 Å². The second-order valence-corrected chi connectivity index (χ2v) is 10.8. The minimum atomic E-state index is -1.48. The molecule has 2 bridgehead atoms. The van der Waals surface area contributed by atoms with Crippen LogP contribution < -0.4 is 0 Å². The smallest absolute Gasteiger partial charge is 0.192 e. The van der Waals surface area contributed by atoms with Gasteiger partial charge in [0.15, 0.2) is 8.32 Å². The molecule has 3 aliphatic rings. The molecule has 0 aromatic heterocycles. The van der Waals surface area contributed by atoms with Crippen molar-refractivity contribution in [3.05, 3.63) is 12.2 Å². The largest absolute Gasteiger partial charge is 0.413 e. The first-order valence-electron chi connectivity index (χ1n) is 7.61. The van der Waals surface area contributed by atoms with Crippen LogP contribution in [0.3, 0.4) is 0 Å². The van der Waals surface area contributed by atoms with Gasteiger partial charge in [-0.15, -0.1) is 0 Å². The van der Waals surface area contributed by atoms with E-state index in [1.807, 2.05) is 6.08 Å². The summed E-state index contributed by atoms with van der Waals surface area (Å²) in [6, 6.07) is 3.72. The van der Waals surface area contributed by atoms with E-state index in [4.69, 9.17) is 9.53 Å². The minimum absolute atomic E-state index is 0.164. The first-order chi connectivity index (χ1) is 8.65. The summed E-state index contributed by atoms with van der Waals surface area (Å²) in [5.74, 6) is 0.796. The lowest BCUT2D eigenvalue weighted by Crippen LogP contribution is -2.53. The van der Waals surface area contributed by atoms with Crippen molar-refractivity contribution in [2.75, 3.05) is 6.61 Å². The zero-order valence-electron chi connectivity index (χ0n) is 12.1. The van der Waals surface area contributed by atoms with Crippen LogP contribution in [0, 0.1) is 11.3 Å². The molecule has 0 spiro atoms. The summed E-state index contributed by atoms with van der Waals surface area (Å²) in [7, 11) is -1.48. The molecule has 2 nitrogen and oxygen atoms in total. The summed E-state index contributed by atoms with van der Waals surface area (Å²) < 4.78 is 6.71. The molecule has 0 radical (unpaired) electrons. The lowest BCUT2D eigenvalue weighted by Gasteiger charge is -2.50. The second-order valence-electron chi connectivity index (χ2n) is 6.10. The molecule has 0 aromatic carbocycles. The number of fused-ring (bicyclic) bond motifs is 1. The molecule has 0 heterocycles. The molecule has 1 N–H and O–H groups in total. The predicted molar refractivity (Wildman–Crippen MR) is 78.1 cm³/mol. The van der Waals surface area contributed by atoms with Crippen LogP contribution in [-0.2, 0) is 4.43 Å². The number of rotatable bonds is 7. The Labute approximate surface area is 113 Å². The van der Waals surface area contributed by atoms with Crippen LogP contribution in [0.4, 0.5) is 0 Å². The quantitative estimate of drug-likeness (QED) is 0.563. The first-order valence-corrected chi connectivity index (χ1v) is 10.1. The Morgan fingerprint density at radius 3 is 2.44 bits per heavy atom. The standard InChI is InChI=1S/C15H28O2Si/c1-4-18(5-2,6-3)17-14-13-8-10-15(14,12-13)9-7-11-16/h7,9,13-14,16H,4-6,8,10-12H2,1-3H3/b9-7+/t13-,14?,15+/m1/s1. The summed E-state index contributed by atoms with van der Waals surface area (Å²) >= 11 is 0. The summed E-state index contributed by atoms with van der Waals surface area (Å²) in [6.45, 7) is 7.07. The van der Waals surface area contributed by atoms with Crippen molar-refractivity contribution in [3.63, 3.8) is 0 Å². The Kier molecular flexibility index (Phi) is 4.35.